The van der Waals surface area contributed by atoms with Crippen molar-refractivity contribution < 1.29 is 19.1 Å². The van der Waals surface area contributed by atoms with Gasteiger partial charge in [0.1, 0.15) is 18.1 Å². The Morgan fingerprint density at radius 3 is 2.66 bits per heavy atom. The minimum atomic E-state index is -0.517. The van der Waals surface area contributed by atoms with E-state index in [4.69, 9.17) is 15.2 Å². The van der Waals surface area contributed by atoms with Gasteiger partial charge in [-0.25, -0.2) is 0 Å². The smallest absolute Gasteiger partial charge is 0.248 e. The minimum absolute atomic E-state index is 0.00271. The molecule has 0 saturated carbocycles. The van der Waals surface area contributed by atoms with Crippen molar-refractivity contribution in [1.82, 2.24) is 0 Å². The van der Waals surface area contributed by atoms with Crippen LogP contribution in [0, 0.1) is 6.92 Å². The zero-order chi connectivity index (χ0) is 22.7. The Morgan fingerprint density at radius 1 is 1.09 bits per heavy atom. The summed E-state index contributed by atoms with van der Waals surface area (Å²) in [6.45, 7) is 2.97. The van der Waals surface area contributed by atoms with Gasteiger partial charge in [0.15, 0.2) is 0 Å². The topological polar surface area (TPSA) is 81.9 Å². The molecule has 1 fully saturated rings. The number of hydrogen-bond donors (Lipinski definition) is 1. The van der Waals surface area contributed by atoms with Gasteiger partial charge in [-0.05, 0) is 42.3 Å². The molecule has 1 aliphatic heterocycles. The van der Waals surface area contributed by atoms with Gasteiger partial charge >= 0.3 is 0 Å². The maximum Gasteiger partial charge on any atom is 0.248 e. The molecule has 0 bridgehead atoms. The van der Waals surface area contributed by atoms with Crippen LogP contribution >= 0.6 is 0 Å². The van der Waals surface area contributed by atoms with Crippen molar-refractivity contribution in [2.45, 2.75) is 25.9 Å². The molecule has 3 aromatic rings. The van der Waals surface area contributed by atoms with E-state index in [-0.39, 0.29) is 11.8 Å². The molecule has 1 heterocycles. The van der Waals surface area contributed by atoms with E-state index in [1.54, 1.807) is 30.2 Å². The number of hydrogen-bond acceptors (Lipinski definition) is 4. The zero-order valence-corrected chi connectivity index (χ0v) is 18.2. The molecule has 6 heteroatoms. The number of anilines is 1. The standard InChI is InChI=1S/C26H26N2O4/c1-17-5-3-6-18(11-17)16-32-24-14-22(31-2)9-10-23(24)20-13-25(29)28(15-20)21-8-4-7-19(12-21)26(27)30/h3-12,14,20H,13,15-16H2,1-2H3,(H2,27,30). The fourth-order valence-corrected chi connectivity index (χ4v) is 4.06. The summed E-state index contributed by atoms with van der Waals surface area (Å²) < 4.78 is 11.6. The third kappa shape index (κ3) is 4.59. The van der Waals surface area contributed by atoms with E-state index >= 15 is 0 Å². The second-order valence-corrected chi connectivity index (χ2v) is 8.00. The Balaban J connectivity index is 1.58. The van der Waals surface area contributed by atoms with Gasteiger partial charge in [-0.2, -0.15) is 0 Å². The molecule has 0 aromatic heterocycles. The molecule has 1 saturated heterocycles. The molecule has 32 heavy (non-hydrogen) atoms. The van der Waals surface area contributed by atoms with Crippen molar-refractivity contribution in [3.8, 4) is 11.5 Å². The van der Waals surface area contributed by atoms with Gasteiger partial charge < -0.3 is 20.1 Å². The number of primary amides is 1. The average Bonchev–Trinajstić information content (AvgIpc) is 3.19. The largest absolute Gasteiger partial charge is 0.497 e. The van der Waals surface area contributed by atoms with Crippen LogP contribution in [-0.4, -0.2) is 25.5 Å². The normalized spacial score (nSPS) is 15.6. The predicted octanol–water partition coefficient (Wildman–Crippen LogP) is 4.20. The number of methoxy groups -OCH3 is 1. The van der Waals surface area contributed by atoms with Crippen molar-refractivity contribution in [3.63, 3.8) is 0 Å². The van der Waals surface area contributed by atoms with Gasteiger partial charge in [-0.1, -0.05) is 42.0 Å². The van der Waals surface area contributed by atoms with Gasteiger partial charge in [0.05, 0.1) is 7.11 Å². The van der Waals surface area contributed by atoms with Crippen LogP contribution in [0.15, 0.2) is 66.7 Å². The summed E-state index contributed by atoms with van der Waals surface area (Å²) in [5.41, 5.74) is 9.66. The summed E-state index contributed by atoms with van der Waals surface area (Å²) in [6, 6.07) is 20.7. The molecule has 0 aliphatic carbocycles. The van der Waals surface area contributed by atoms with Crippen LogP contribution in [0.5, 0.6) is 11.5 Å². The van der Waals surface area contributed by atoms with Crippen LogP contribution < -0.4 is 20.1 Å². The second kappa shape index (κ2) is 9.14. The first-order chi connectivity index (χ1) is 15.4. The Morgan fingerprint density at radius 2 is 1.91 bits per heavy atom. The van der Waals surface area contributed by atoms with Gasteiger partial charge in [-0.3, -0.25) is 9.59 Å². The van der Waals surface area contributed by atoms with E-state index in [0.717, 1.165) is 11.1 Å². The summed E-state index contributed by atoms with van der Waals surface area (Å²) in [4.78, 5) is 26.1. The molecular formula is C26H26N2O4. The maximum atomic E-state index is 12.8. The van der Waals surface area contributed by atoms with E-state index in [0.29, 0.717) is 42.3 Å². The van der Waals surface area contributed by atoms with Crippen molar-refractivity contribution in [2.24, 2.45) is 5.73 Å². The lowest BCUT2D eigenvalue weighted by atomic mass is 9.97. The van der Waals surface area contributed by atoms with Crippen molar-refractivity contribution >= 4 is 17.5 Å². The number of aryl methyl sites for hydroxylation is 1. The first-order valence-corrected chi connectivity index (χ1v) is 10.5. The first kappa shape index (κ1) is 21.4. The lowest BCUT2D eigenvalue weighted by Gasteiger charge is -2.19. The number of amides is 2. The lowest BCUT2D eigenvalue weighted by Crippen LogP contribution is -2.25. The summed E-state index contributed by atoms with van der Waals surface area (Å²) in [5.74, 6) is 0.840. The monoisotopic (exact) mass is 430 g/mol. The van der Waals surface area contributed by atoms with Crippen LogP contribution in [0.2, 0.25) is 0 Å². The molecule has 1 atom stereocenters. The first-order valence-electron chi connectivity index (χ1n) is 10.5. The van der Waals surface area contributed by atoms with Gasteiger partial charge in [0.25, 0.3) is 0 Å². The number of ether oxygens (including phenoxy) is 2. The molecule has 3 aromatic carbocycles. The Kier molecular flexibility index (Phi) is 6.12. The molecule has 6 nitrogen and oxygen atoms in total. The molecule has 164 valence electrons. The summed E-state index contributed by atoms with van der Waals surface area (Å²) >= 11 is 0. The fraction of sp³-hybridized carbons (Fsp3) is 0.231. The molecule has 0 spiro atoms. The number of nitrogens with two attached hydrogens (primary N) is 1. The average molecular weight is 431 g/mol. The van der Waals surface area contributed by atoms with Crippen molar-refractivity contribution in [2.75, 3.05) is 18.6 Å². The van der Waals surface area contributed by atoms with Gasteiger partial charge in [0, 0.05) is 36.2 Å². The van der Waals surface area contributed by atoms with Gasteiger partial charge in [-0.15, -0.1) is 0 Å². The Hall–Kier alpha value is -3.80. The van der Waals surface area contributed by atoms with E-state index in [1.165, 1.54) is 5.56 Å². The number of benzene rings is 3. The quantitative estimate of drug-likeness (QED) is 0.609. The van der Waals surface area contributed by atoms with Crippen LogP contribution in [0.3, 0.4) is 0 Å². The van der Waals surface area contributed by atoms with Crippen molar-refractivity contribution in [3.05, 3.63) is 89.0 Å². The van der Waals surface area contributed by atoms with Crippen LogP contribution in [-0.2, 0) is 11.4 Å². The third-order valence-electron chi connectivity index (χ3n) is 5.70. The van der Waals surface area contributed by atoms with E-state index in [9.17, 15) is 9.59 Å². The third-order valence-corrected chi connectivity index (χ3v) is 5.70. The van der Waals surface area contributed by atoms with Crippen molar-refractivity contribution in [1.29, 1.82) is 0 Å². The molecule has 0 radical (unpaired) electrons. The second-order valence-electron chi connectivity index (χ2n) is 8.00. The molecule has 2 N–H and O–H groups in total. The fourth-order valence-electron chi connectivity index (χ4n) is 4.06. The highest BCUT2D eigenvalue weighted by Gasteiger charge is 2.33. The van der Waals surface area contributed by atoms with Crippen LogP contribution in [0.25, 0.3) is 0 Å². The highest BCUT2D eigenvalue weighted by atomic mass is 16.5. The van der Waals surface area contributed by atoms with E-state index in [1.807, 2.05) is 49.4 Å². The number of nitrogens with zero attached hydrogens (tertiary/aromatic N) is 1. The maximum absolute atomic E-state index is 12.8. The summed E-state index contributed by atoms with van der Waals surface area (Å²) in [6.07, 6.45) is 0.355. The predicted molar refractivity (Wildman–Crippen MR) is 123 cm³/mol. The Labute approximate surface area is 187 Å². The number of rotatable bonds is 7. The molecule has 1 aliphatic rings. The Bertz CT molecular complexity index is 1160. The minimum Gasteiger partial charge on any atom is -0.497 e. The highest BCUT2D eigenvalue weighted by molar-refractivity contribution is 5.99. The zero-order valence-electron chi connectivity index (χ0n) is 18.2. The summed E-state index contributed by atoms with van der Waals surface area (Å²) in [5, 5.41) is 0. The SMILES string of the molecule is COc1ccc(C2CC(=O)N(c3cccc(C(N)=O)c3)C2)c(OCc2cccc(C)c2)c1. The number of carbonyl (C=O) groups is 2. The molecular weight excluding hydrogens is 404 g/mol. The number of carbonyl (C=O) groups excluding carboxylic acids is 2. The van der Waals surface area contributed by atoms with E-state index in [2.05, 4.69) is 6.07 Å². The van der Waals surface area contributed by atoms with Crippen LogP contribution in [0.4, 0.5) is 5.69 Å². The molecule has 4 rings (SSSR count). The van der Waals surface area contributed by atoms with Crippen LogP contribution in [0.1, 0.15) is 39.4 Å². The highest BCUT2D eigenvalue weighted by Crippen LogP contribution is 2.38. The molecule has 2 amide bonds. The van der Waals surface area contributed by atoms with E-state index < -0.39 is 5.91 Å². The summed E-state index contributed by atoms with van der Waals surface area (Å²) in [7, 11) is 1.62. The lowest BCUT2D eigenvalue weighted by molar-refractivity contribution is -0.117. The van der Waals surface area contributed by atoms with Gasteiger partial charge in [0.2, 0.25) is 11.8 Å². The molecule has 1 unspecified atom stereocenters.